The Labute approximate surface area is 109 Å². The summed E-state index contributed by atoms with van der Waals surface area (Å²) in [7, 11) is 0. The first-order valence-corrected chi connectivity index (χ1v) is 6.60. The average molecular weight is 249 g/mol. The molecule has 0 spiro atoms. The van der Waals surface area contributed by atoms with Gasteiger partial charge in [-0.25, -0.2) is 0 Å². The summed E-state index contributed by atoms with van der Waals surface area (Å²) in [6, 6.07) is 3.94. The van der Waals surface area contributed by atoms with Gasteiger partial charge in [0.1, 0.15) is 0 Å². The van der Waals surface area contributed by atoms with Gasteiger partial charge in [-0.15, -0.1) is 0 Å². The number of nitrogens with zero attached hydrogens (tertiary/aromatic N) is 1. The van der Waals surface area contributed by atoms with E-state index in [2.05, 4.69) is 10.3 Å². The van der Waals surface area contributed by atoms with E-state index in [9.17, 15) is 4.79 Å². The van der Waals surface area contributed by atoms with Crippen molar-refractivity contribution in [3.05, 3.63) is 29.6 Å². The summed E-state index contributed by atoms with van der Waals surface area (Å²) in [6.07, 6.45) is 6.59. The third-order valence-electron chi connectivity index (χ3n) is 2.82. The molecular formula is C14H23N3O. The first kappa shape index (κ1) is 14.6. The maximum atomic E-state index is 11.6. The lowest BCUT2D eigenvalue weighted by molar-refractivity contribution is -0.121. The second-order valence-electron chi connectivity index (χ2n) is 4.54. The van der Waals surface area contributed by atoms with Crippen LogP contribution in [0.1, 0.15) is 43.4 Å². The van der Waals surface area contributed by atoms with Crippen molar-refractivity contribution >= 4 is 5.91 Å². The van der Waals surface area contributed by atoms with Gasteiger partial charge in [0.25, 0.3) is 0 Å². The third kappa shape index (κ3) is 6.35. The zero-order valence-corrected chi connectivity index (χ0v) is 11.1. The molecule has 0 saturated carbocycles. The molecule has 18 heavy (non-hydrogen) atoms. The molecule has 0 aliphatic carbocycles. The van der Waals surface area contributed by atoms with Gasteiger partial charge in [0.05, 0.1) is 0 Å². The summed E-state index contributed by atoms with van der Waals surface area (Å²) in [6.45, 7) is 3.26. The van der Waals surface area contributed by atoms with E-state index in [1.807, 2.05) is 19.1 Å². The normalized spacial score (nSPS) is 10.3. The number of rotatable bonds is 8. The number of aryl methyl sites for hydroxylation is 1. The number of hydrogen-bond acceptors (Lipinski definition) is 3. The summed E-state index contributed by atoms with van der Waals surface area (Å²) >= 11 is 0. The number of carbonyl (C=O) groups excluding carboxylic acids is 1. The fourth-order valence-electron chi connectivity index (χ4n) is 1.68. The lowest BCUT2D eigenvalue weighted by Crippen LogP contribution is -2.22. The van der Waals surface area contributed by atoms with E-state index in [0.717, 1.165) is 43.5 Å². The quantitative estimate of drug-likeness (QED) is 0.692. The molecule has 0 bridgehead atoms. The highest BCUT2D eigenvalue weighted by Crippen LogP contribution is 2.03. The largest absolute Gasteiger partial charge is 0.352 e. The Hall–Kier alpha value is -1.42. The van der Waals surface area contributed by atoms with E-state index < -0.39 is 0 Å². The van der Waals surface area contributed by atoms with Gasteiger partial charge in [-0.3, -0.25) is 9.78 Å². The fourth-order valence-corrected chi connectivity index (χ4v) is 1.68. The standard InChI is InChI=1S/C14H23N3O/c1-12-7-8-13(10-16-12)11-17-14(18)6-4-2-3-5-9-15/h7-8,10H,2-6,9,11,15H2,1H3,(H,17,18). The van der Waals surface area contributed by atoms with Crippen LogP contribution >= 0.6 is 0 Å². The van der Waals surface area contributed by atoms with Gasteiger partial charge < -0.3 is 11.1 Å². The minimum absolute atomic E-state index is 0.114. The molecule has 1 heterocycles. The van der Waals surface area contributed by atoms with E-state index in [0.29, 0.717) is 13.0 Å². The number of hydrogen-bond donors (Lipinski definition) is 2. The van der Waals surface area contributed by atoms with Crippen LogP contribution in [-0.2, 0) is 11.3 Å². The summed E-state index contributed by atoms with van der Waals surface area (Å²) in [5.41, 5.74) is 7.44. The smallest absolute Gasteiger partial charge is 0.220 e. The minimum atomic E-state index is 0.114. The second kappa shape index (κ2) is 8.64. The summed E-state index contributed by atoms with van der Waals surface area (Å²) in [5, 5.41) is 2.91. The Morgan fingerprint density at radius 3 is 2.72 bits per heavy atom. The van der Waals surface area contributed by atoms with Gasteiger partial charge in [0.2, 0.25) is 5.91 Å². The van der Waals surface area contributed by atoms with Crippen molar-refractivity contribution in [2.75, 3.05) is 6.54 Å². The van der Waals surface area contributed by atoms with Crippen LogP contribution in [0.4, 0.5) is 0 Å². The molecule has 0 atom stereocenters. The molecule has 0 aliphatic heterocycles. The van der Waals surface area contributed by atoms with Crippen molar-refractivity contribution in [3.63, 3.8) is 0 Å². The number of pyridine rings is 1. The molecule has 0 fully saturated rings. The summed E-state index contributed by atoms with van der Waals surface area (Å²) in [5.74, 6) is 0.114. The van der Waals surface area contributed by atoms with Crippen LogP contribution in [0, 0.1) is 6.92 Å². The monoisotopic (exact) mass is 249 g/mol. The third-order valence-corrected chi connectivity index (χ3v) is 2.82. The van der Waals surface area contributed by atoms with Gasteiger partial charge in [-0.05, 0) is 37.9 Å². The molecule has 3 N–H and O–H groups in total. The molecule has 0 radical (unpaired) electrons. The Balaban J connectivity index is 2.11. The molecule has 4 heteroatoms. The molecule has 0 saturated heterocycles. The summed E-state index contributed by atoms with van der Waals surface area (Å²) in [4.78, 5) is 15.7. The van der Waals surface area contributed by atoms with Crippen molar-refractivity contribution in [3.8, 4) is 0 Å². The number of aromatic nitrogens is 1. The first-order valence-electron chi connectivity index (χ1n) is 6.60. The number of amides is 1. The number of carbonyl (C=O) groups is 1. The fraction of sp³-hybridized carbons (Fsp3) is 0.571. The Morgan fingerprint density at radius 1 is 1.28 bits per heavy atom. The van der Waals surface area contributed by atoms with Crippen molar-refractivity contribution in [2.24, 2.45) is 5.73 Å². The predicted molar refractivity (Wildman–Crippen MR) is 73.0 cm³/mol. The lowest BCUT2D eigenvalue weighted by Gasteiger charge is -2.05. The maximum Gasteiger partial charge on any atom is 0.220 e. The molecular weight excluding hydrogens is 226 g/mol. The van der Waals surface area contributed by atoms with Gasteiger partial charge in [0.15, 0.2) is 0 Å². The van der Waals surface area contributed by atoms with Crippen molar-refractivity contribution < 1.29 is 4.79 Å². The van der Waals surface area contributed by atoms with Crippen molar-refractivity contribution in [1.82, 2.24) is 10.3 Å². The van der Waals surface area contributed by atoms with E-state index in [-0.39, 0.29) is 5.91 Å². The first-order chi connectivity index (χ1) is 8.72. The molecule has 100 valence electrons. The highest BCUT2D eigenvalue weighted by atomic mass is 16.1. The second-order valence-corrected chi connectivity index (χ2v) is 4.54. The van der Waals surface area contributed by atoms with Crippen LogP contribution < -0.4 is 11.1 Å². The highest BCUT2D eigenvalue weighted by Gasteiger charge is 2.01. The topological polar surface area (TPSA) is 68.0 Å². The molecule has 0 aliphatic rings. The van der Waals surface area contributed by atoms with Gasteiger partial charge >= 0.3 is 0 Å². The van der Waals surface area contributed by atoms with E-state index >= 15 is 0 Å². The molecule has 0 unspecified atom stereocenters. The van der Waals surface area contributed by atoms with Crippen LogP contribution in [0.3, 0.4) is 0 Å². The van der Waals surface area contributed by atoms with E-state index in [1.54, 1.807) is 6.20 Å². The Kier molecular flexibility index (Phi) is 7.03. The maximum absolute atomic E-state index is 11.6. The van der Waals surface area contributed by atoms with Gasteiger partial charge in [-0.2, -0.15) is 0 Å². The van der Waals surface area contributed by atoms with Crippen LogP contribution in [0.5, 0.6) is 0 Å². The van der Waals surface area contributed by atoms with Gasteiger partial charge in [-0.1, -0.05) is 18.9 Å². The number of nitrogens with two attached hydrogens (primary N) is 1. The van der Waals surface area contributed by atoms with Gasteiger partial charge in [0, 0.05) is 24.9 Å². The van der Waals surface area contributed by atoms with Crippen LogP contribution in [0.2, 0.25) is 0 Å². The van der Waals surface area contributed by atoms with Crippen molar-refractivity contribution in [2.45, 2.75) is 45.6 Å². The summed E-state index contributed by atoms with van der Waals surface area (Å²) < 4.78 is 0. The Bertz CT molecular complexity index is 349. The predicted octanol–water partition coefficient (Wildman–Crippen LogP) is 1.92. The average Bonchev–Trinajstić information content (AvgIpc) is 2.38. The van der Waals surface area contributed by atoms with E-state index in [1.165, 1.54) is 0 Å². The molecule has 4 nitrogen and oxygen atoms in total. The number of nitrogens with one attached hydrogen (secondary N) is 1. The Morgan fingerprint density at radius 2 is 2.06 bits per heavy atom. The zero-order chi connectivity index (χ0) is 13.2. The number of unbranched alkanes of at least 4 members (excludes halogenated alkanes) is 3. The molecule has 1 rings (SSSR count). The lowest BCUT2D eigenvalue weighted by atomic mass is 10.1. The SMILES string of the molecule is Cc1ccc(CNC(=O)CCCCCCN)cn1. The molecule has 1 aromatic heterocycles. The van der Waals surface area contributed by atoms with Crippen LogP contribution in [-0.4, -0.2) is 17.4 Å². The molecule has 1 amide bonds. The van der Waals surface area contributed by atoms with Crippen LogP contribution in [0.15, 0.2) is 18.3 Å². The minimum Gasteiger partial charge on any atom is -0.352 e. The molecule has 0 aromatic carbocycles. The van der Waals surface area contributed by atoms with Crippen LogP contribution in [0.25, 0.3) is 0 Å². The van der Waals surface area contributed by atoms with E-state index in [4.69, 9.17) is 5.73 Å². The van der Waals surface area contributed by atoms with Crippen molar-refractivity contribution in [1.29, 1.82) is 0 Å². The highest BCUT2D eigenvalue weighted by molar-refractivity contribution is 5.75. The zero-order valence-electron chi connectivity index (χ0n) is 11.1. The molecule has 1 aromatic rings.